The molecule has 0 radical (unpaired) electrons. The van der Waals surface area contributed by atoms with Crippen LogP contribution < -0.4 is 4.74 Å². The van der Waals surface area contributed by atoms with Gasteiger partial charge >= 0.3 is 0 Å². The molecule has 2 aromatic rings. The van der Waals surface area contributed by atoms with E-state index in [-0.39, 0.29) is 5.38 Å². The molecule has 20 heavy (non-hydrogen) atoms. The first kappa shape index (κ1) is 13.7. The van der Waals surface area contributed by atoms with Crippen LogP contribution in [0.4, 0.5) is 0 Å². The first-order chi connectivity index (χ1) is 9.65. The summed E-state index contributed by atoms with van der Waals surface area (Å²) in [5.74, 6) is 1.70. The molecule has 1 fully saturated rings. The minimum atomic E-state index is -0.131. The lowest BCUT2D eigenvalue weighted by Crippen LogP contribution is -2.33. The first-order valence-corrected chi connectivity index (χ1v) is 7.31. The van der Waals surface area contributed by atoms with E-state index in [1.807, 2.05) is 19.1 Å². The number of hydrogen-bond donors (Lipinski definition) is 0. The van der Waals surface area contributed by atoms with E-state index >= 15 is 0 Å². The average molecular weight is 295 g/mol. The highest BCUT2D eigenvalue weighted by Gasteiger charge is 2.34. The summed E-state index contributed by atoms with van der Waals surface area (Å²) in [6.45, 7) is 1.96. The molecule has 0 saturated heterocycles. The Bertz CT molecular complexity index is 618. The number of aromatic nitrogens is 2. The van der Waals surface area contributed by atoms with Gasteiger partial charge in [-0.1, -0.05) is 6.07 Å². The number of imidazole rings is 1. The molecule has 1 aliphatic carbocycles. The van der Waals surface area contributed by atoms with E-state index in [1.54, 1.807) is 14.2 Å². The van der Waals surface area contributed by atoms with Gasteiger partial charge in [-0.2, -0.15) is 0 Å². The number of hydrogen-bond acceptors (Lipinski definition) is 3. The van der Waals surface area contributed by atoms with Crippen LogP contribution in [-0.4, -0.2) is 29.9 Å². The zero-order chi connectivity index (χ0) is 14.3. The van der Waals surface area contributed by atoms with Gasteiger partial charge in [0.05, 0.1) is 24.1 Å². The highest BCUT2D eigenvalue weighted by atomic mass is 35.5. The van der Waals surface area contributed by atoms with E-state index in [0.717, 1.165) is 35.4 Å². The third kappa shape index (κ3) is 2.07. The molecule has 1 aromatic carbocycles. The van der Waals surface area contributed by atoms with Crippen molar-refractivity contribution >= 4 is 22.6 Å². The Kier molecular flexibility index (Phi) is 3.61. The molecule has 1 atom stereocenters. The van der Waals surface area contributed by atoms with Gasteiger partial charge in [0.15, 0.2) is 0 Å². The van der Waals surface area contributed by atoms with Gasteiger partial charge in [0.1, 0.15) is 17.1 Å². The molecule has 0 bridgehead atoms. The van der Waals surface area contributed by atoms with Gasteiger partial charge in [-0.25, -0.2) is 4.98 Å². The Morgan fingerprint density at radius 1 is 1.35 bits per heavy atom. The maximum absolute atomic E-state index is 6.32. The van der Waals surface area contributed by atoms with Crippen LogP contribution >= 0.6 is 11.6 Å². The second-order valence-electron chi connectivity index (χ2n) is 5.27. The van der Waals surface area contributed by atoms with Crippen molar-refractivity contribution in [1.82, 2.24) is 9.55 Å². The summed E-state index contributed by atoms with van der Waals surface area (Å²) >= 11 is 6.32. The Morgan fingerprint density at radius 2 is 2.10 bits per heavy atom. The number of rotatable bonds is 4. The van der Waals surface area contributed by atoms with E-state index in [1.165, 1.54) is 0 Å². The zero-order valence-electron chi connectivity index (χ0n) is 12.0. The lowest BCUT2D eigenvalue weighted by atomic mass is 9.88. The molecule has 4 nitrogen and oxygen atoms in total. The molecule has 1 unspecified atom stereocenters. The normalized spacial score (nSPS) is 23.6. The highest BCUT2D eigenvalue weighted by Crippen LogP contribution is 2.40. The van der Waals surface area contributed by atoms with E-state index in [9.17, 15) is 0 Å². The van der Waals surface area contributed by atoms with Gasteiger partial charge < -0.3 is 14.0 Å². The number of halogens is 1. The van der Waals surface area contributed by atoms with Crippen molar-refractivity contribution in [2.75, 3.05) is 14.2 Å². The molecule has 5 heteroatoms. The van der Waals surface area contributed by atoms with Crippen LogP contribution in [0.15, 0.2) is 18.2 Å². The van der Waals surface area contributed by atoms with Crippen LogP contribution in [0.2, 0.25) is 0 Å². The molecule has 0 N–H and O–H groups in total. The first-order valence-electron chi connectivity index (χ1n) is 6.87. The Balaban J connectivity index is 2.11. The fourth-order valence-corrected chi connectivity index (χ4v) is 3.03. The van der Waals surface area contributed by atoms with Crippen molar-refractivity contribution in [3.05, 3.63) is 24.0 Å². The van der Waals surface area contributed by atoms with Gasteiger partial charge in [-0.15, -0.1) is 11.6 Å². The Hall–Kier alpha value is -1.26. The fraction of sp³-hybridized carbons (Fsp3) is 0.533. The van der Waals surface area contributed by atoms with Crippen LogP contribution in [0.5, 0.6) is 5.75 Å². The van der Waals surface area contributed by atoms with Crippen LogP contribution in [0.25, 0.3) is 11.0 Å². The van der Waals surface area contributed by atoms with Gasteiger partial charge in [0, 0.05) is 13.2 Å². The van der Waals surface area contributed by atoms with Crippen molar-refractivity contribution < 1.29 is 9.47 Å². The van der Waals surface area contributed by atoms with Gasteiger partial charge in [-0.3, -0.25) is 0 Å². The molecule has 0 spiro atoms. The van der Waals surface area contributed by atoms with Crippen molar-refractivity contribution in [1.29, 1.82) is 0 Å². The van der Waals surface area contributed by atoms with Crippen molar-refractivity contribution in [3.63, 3.8) is 0 Å². The van der Waals surface area contributed by atoms with E-state index in [2.05, 4.69) is 10.6 Å². The molecule has 0 amide bonds. The van der Waals surface area contributed by atoms with Crippen LogP contribution in [0.3, 0.4) is 0 Å². The SMILES string of the molecule is COc1cccc2c1nc(C(C)Cl)n2C1CC(OC)C1. The third-order valence-corrected chi connectivity index (χ3v) is 4.25. The topological polar surface area (TPSA) is 36.3 Å². The van der Waals surface area contributed by atoms with Crippen LogP contribution in [0, 0.1) is 0 Å². The van der Waals surface area contributed by atoms with Gasteiger partial charge in [0.25, 0.3) is 0 Å². The minimum absolute atomic E-state index is 0.131. The Labute approximate surface area is 123 Å². The predicted molar refractivity (Wildman–Crippen MR) is 79.6 cm³/mol. The monoisotopic (exact) mass is 294 g/mol. The van der Waals surface area contributed by atoms with E-state index < -0.39 is 0 Å². The predicted octanol–water partition coefficient (Wildman–Crippen LogP) is 3.69. The number of benzene rings is 1. The second kappa shape index (κ2) is 5.26. The number of nitrogens with zero attached hydrogens (tertiary/aromatic N) is 2. The number of para-hydroxylation sites is 1. The number of ether oxygens (including phenoxy) is 2. The zero-order valence-corrected chi connectivity index (χ0v) is 12.7. The molecule has 3 rings (SSSR count). The van der Waals surface area contributed by atoms with Gasteiger partial charge in [-0.05, 0) is 31.9 Å². The quantitative estimate of drug-likeness (QED) is 0.807. The standard InChI is InChI=1S/C15H19ClN2O2/c1-9(16)15-17-14-12(5-4-6-13(14)20-3)18(15)10-7-11(8-10)19-2/h4-6,9-11H,7-8H2,1-3H3. The number of methoxy groups -OCH3 is 2. The second-order valence-corrected chi connectivity index (χ2v) is 5.92. The van der Waals surface area contributed by atoms with Crippen molar-refractivity contribution in [2.45, 2.75) is 37.3 Å². The summed E-state index contributed by atoms with van der Waals surface area (Å²) < 4.78 is 13.0. The summed E-state index contributed by atoms with van der Waals surface area (Å²) in [6.07, 6.45) is 2.37. The summed E-state index contributed by atoms with van der Waals surface area (Å²) in [7, 11) is 3.43. The highest BCUT2D eigenvalue weighted by molar-refractivity contribution is 6.20. The lowest BCUT2D eigenvalue weighted by Gasteiger charge is -2.36. The largest absolute Gasteiger partial charge is 0.494 e. The number of alkyl halides is 1. The molecule has 1 saturated carbocycles. The minimum Gasteiger partial charge on any atom is -0.494 e. The van der Waals surface area contributed by atoms with Crippen molar-refractivity contribution in [2.24, 2.45) is 0 Å². The van der Waals surface area contributed by atoms with Crippen molar-refractivity contribution in [3.8, 4) is 5.75 Å². The van der Waals surface area contributed by atoms with E-state index in [4.69, 9.17) is 26.1 Å². The average Bonchev–Trinajstić information content (AvgIpc) is 2.77. The molecule has 0 aliphatic heterocycles. The molecule has 108 valence electrons. The summed E-state index contributed by atoms with van der Waals surface area (Å²) in [6, 6.07) is 6.41. The maximum Gasteiger partial charge on any atom is 0.146 e. The number of fused-ring (bicyclic) bond motifs is 1. The molecule has 1 aromatic heterocycles. The van der Waals surface area contributed by atoms with Gasteiger partial charge in [0.2, 0.25) is 0 Å². The molecule has 1 heterocycles. The smallest absolute Gasteiger partial charge is 0.146 e. The van der Waals surface area contributed by atoms with Crippen LogP contribution in [0.1, 0.15) is 37.0 Å². The third-order valence-electron chi connectivity index (χ3n) is 4.05. The summed E-state index contributed by atoms with van der Waals surface area (Å²) in [4.78, 5) is 4.70. The maximum atomic E-state index is 6.32. The lowest BCUT2D eigenvalue weighted by molar-refractivity contribution is 0.00658. The summed E-state index contributed by atoms with van der Waals surface area (Å²) in [5.41, 5.74) is 1.98. The molecular formula is C15H19ClN2O2. The summed E-state index contributed by atoms with van der Waals surface area (Å²) in [5, 5.41) is -0.131. The molecular weight excluding hydrogens is 276 g/mol. The van der Waals surface area contributed by atoms with E-state index in [0.29, 0.717) is 12.1 Å². The van der Waals surface area contributed by atoms with Crippen LogP contribution in [-0.2, 0) is 4.74 Å². The molecule has 1 aliphatic rings. The fourth-order valence-electron chi connectivity index (χ4n) is 2.88. The Morgan fingerprint density at radius 3 is 2.70 bits per heavy atom.